The molecule has 0 radical (unpaired) electrons. The van der Waals surface area contributed by atoms with E-state index >= 15 is 0 Å². The van der Waals surface area contributed by atoms with Gasteiger partial charge in [-0.3, -0.25) is 4.90 Å². The number of hydrogen-bond acceptors (Lipinski definition) is 2. The van der Waals surface area contributed by atoms with Gasteiger partial charge in [-0.2, -0.15) is 0 Å². The number of rotatable bonds is 3. The van der Waals surface area contributed by atoms with Gasteiger partial charge in [-0.25, -0.2) is 4.79 Å². The van der Waals surface area contributed by atoms with Gasteiger partial charge in [-0.1, -0.05) is 44.0 Å². The molecule has 2 amide bonds. The van der Waals surface area contributed by atoms with Crippen LogP contribution in [0.5, 0.6) is 5.75 Å². The van der Waals surface area contributed by atoms with E-state index in [1.165, 1.54) is 11.0 Å². The Labute approximate surface area is 148 Å². The predicted octanol–water partition coefficient (Wildman–Crippen LogP) is 5.37. The Hall–Kier alpha value is -1.13. The minimum atomic E-state index is -0.391. The van der Waals surface area contributed by atoms with E-state index < -0.39 is 5.54 Å². The highest BCUT2D eigenvalue weighted by Gasteiger charge is 2.29. The molecule has 0 saturated heterocycles. The summed E-state index contributed by atoms with van der Waals surface area (Å²) in [6, 6.07) is 1.21. The molecule has 2 N–H and O–H groups in total. The first-order valence-electron chi connectivity index (χ1n) is 7.48. The molecule has 0 aliphatic rings. The number of urea groups is 1. The first kappa shape index (κ1) is 19.9. The molecule has 130 valence electrons. The molecule has 0 bridgehead atoms. The van der Waals surface area contributed by atoms with Crippen LogP contribution in [0.4, 0.5) is 10.5 Å². The number of carbonyl (C=O) groups excluding carboxylic acids is 1. The first-order chi connectivity index (χ1) is 10.2. The Bertz CT molecular complexity index is 608. The molecular weight excluding hydrogens is 335 g/mol. The molecule has 0 aromatic heterocycles. The number of nitrogens with one attached hydrogen (secondary N) is 1. The van der Waals surface area contributed by atoms with E-state index in [2.05, 4.69) is 26.1 Å². The monoisotopic (exact) mass is 360 g/mol. The number of aromatic hydroxyl groups is 1. The van der Waals surface area contributed by atoms with E-state index in [1.54, 1.807) is 14.0 Å². The number of carbonyl (C=O) groups is 1. The molecule has 1 aromatic rings. The molecular formula is C17H26Cl2N2O2. The lowest BCUT2D eigenvalue weighted by molar-refractivity contribution is 0.216. The minimum Gasteiger partial charge on any atom is -0.504 e. The van der Waals surface area contributed by atoms with E-state index in [4.69, 9.17) is 23.2 Å². The lowest BCUT2D eigenvalue weighted by Crippen LogP contribution is -2.50. The van der Waals surface area contributed by atoms with Crippen LogP contribution in [0.25, 0.3) is 0 Å². The van der Waals surface area contributed by atoms with E-state index in [9.17, 15) is 9.90 Å². The quantitative estimate of drug-likeness (QED) is 0.761. The smallest absolute Gasteiger partial charge is 0.322 e. The Morgan fingerprint density at radius 3 is 2.26 bits per heavy atom. The van der Waals surface area contributed by atoms with Gasteiger partial charge >= 0.3 is 6.03 Å². The van der Waals surface area contributed by atoms with Gasteiger partial charge in [0, 0.05) is 17.6 Å². The second-order valence-electron chi connectivity index (χ2n) is 7.78. The maximum Gasteiger partial charge on any atom is 0.322 e. The minimum absolute atomic E-state index is 0.0773. The average molecular weight is 361 g/mol. The number of anilines is 1. The van der Waals surface area contributed by atoms with Crippen molar-refractivity contribution in [3.8, 4) is 5.75 Å². The SMILES string of the molecule is Cc1c(Cl)cc(N(C)C(=O)NC(C)(C)CC(C)(C)C)c(O)c1Cl. The Morgan fingerprint density at radius 2 is 1.78 bits per heavy atom. The fraction of sp³-hybridized carbons (Fsp3) is 0.588. The summed E-state index contributed by atoms with van der Waals surface area (Å²) in [6.45, 7) is 12.0. The maximum absolute atomic E-state index is 12.5. The van der Waals surface area contributed by atoms with Crippen LogP contribution in [0.3, 0.4) is 0 Å². The molecule has 0 unspecified atom stereocenters. The number of amides is 2. The highest BCUT2D eigenvalue weighted by Crippen LogP contribution is 2.40. The van der Waals surface area contributed by atoms with Crippen molar-refractivity contribution in [2.45, 2.75) is 53.5 Å². The molecule has 0 atom stereocenters. The van der Waals surface area contributed by atoms with Crippen LogP contribution in [-0.2, 0) is 0 Å². The lowest BCUT2D eigenvalue weighted by Gasteiger charge is -2.35. The predicted molar refractivity (Wildman–Crippen MR) is 97.9 cm³/mol. The standard InChI is InChI=1S/C17H26Cl2N2O2/c1-10-11(18)8-12(14(22)13(10)19)21(7)15(23)20-17(5,6)9-16(2,3)4/h8,22H,9H2,1-7H3,(H,20,23). The van der Waals surface area contributed by atoms with Crippen LogP contribution in [0.2, 0.25) is 10.0 Å². The van der Waals surface area contributed by atoms with E-state index in [-0.39, 0.29) is 27.9 Å². The summed E-state index contributed by atoms with van der Waals surface area (Å²) in [7, 11) is 1.57. The fourth-order valence-electron chi connectivity index (χ4n) is 2.80. The molecule has 1 aromatic carbocycles. The van der Waals surface area contributed by atoms with Crippen molar-refractivity contribution >= 4 is 34.9 Å². The largest absolute Gasteiger partial charge is 0.504 e. The summed E-state index contributed by atoms with van der Waals surface area (Å²) in [5.74, 6) is -0.153. The van der Waals surface area contributed by atoms with E-state index in [0.29, 0.717) is 10.6 Å². The lowest BCUT2D eigenvalue weighted by atomic mass is 9.82. The molecule has 23 heavy (non-hydrogen) atoms. The highest BCUT2D eigenvalue weighted by atomic mass is 35.5. The molecule has 4 nitrogen and oxygen atoms in total. The zero-order chi connectivity index (χ0) is 18.2. The van der Waals surface area contributed by atoms with Crippen molar-refractivity contribution < 1.29 is 9.90 Å². The second kappa shape index (κ2) is 6.78. The summed E-state index contributed by atoms with van der Waals surface area (Å²) in [5, 5.41) is 13.7. The topological polar surface area (TPSA) is 52.6 Å². The third-order valence-corrected chi connectivity index (χ3v) is 4.34. The molecule has 6 heteroatoms. The van der Waals surface area contributed by atoms with Crippen LogP contribution in [0, 0.1) is 12.3 Å². The zero-order valence-corrected chi connectivity index (χ0v) is 16.4. The van der Waals surface area contributed by atoms with Crippen LogP contribution in [0.1, 0.15) is 46.6 Å². The summed E-state index contributed by atoms with van der Waals surface area (Å²) in [6.07, 6.45) is 0.807. The summed E-state index contributed by atoms with van der Waals surface area (Å²) in [4.78, 5) is 13.8. The fourth-order valence-corrected chi connectivity index (χ4v) is 3.24. The molecule has 1 rings (SSSR count). The van der Waals surface area contributed by atoms with Gasteiger partial charge in [0.25, 0.3) is 0 Å². The average Bonchev–Trinajstić information content (AvgIpc) is 2.36. The van der Waals surface area contributed by atoms with Crippen molar-refractivity contribution in [2.24, 2.45) is 5.41 Å². The Kier molecular flexibility index (Phi) is 5.87. The number of benzene rings is 1. The van der Waals surface area contributed by atoms with Crippen molar-refractivity contribution in [3.63, 3.8) is 0 Å². The number of nitrogens with zero attached hydrogens (tertiary/aromatic N) is 1. The highest BCUT2D eigenvalue weighted by molar-refractivity contribution is 6.37. The first-order valence-corrected chi connectivity index (χ1v) is 8.24. The molecule has 0 saturated carbocycles. The van der Waals surface area contributed by atoms with Gasteiger partial charge in [0.15, 0.2) is 5.75 Å². The number of hydrogen-bond donors (Lipinski definition) is 2. The Morgan fingerprint density at radius 1 is 1.26 bits per heavy atom. The van der Waals surface area contributed by atoms with Gasteiger partial charge in [0.05, 0.1) is 10.7 Å². The van der Waals surface area contributed by atoms with Crippen LogP contribution < -0.4 is 10.2 Å². The Balaban J connectivity index is 3.02. The maximum atomic E-state index is 12.5. The van der Waals surface area contributed by atoms with E-state index in [0.717, 1.165) is 6.42 Å². The summed E-state index contributed by atoms with van der Waals surface area (Å²) < 4.78 is 0. The molecule has 0 aliphatic carbocycles. The van der Waals surface area contributed by atoms with Gasteiger partial charge in [0.2, 0.25) is 0 Å². The van der Waals surface area contributed by atoms with Gasteiger partial charge < -0.3 is 10.4 Å². The molecule has 0 spiro atoms. The molecule has 0 heterocycles. The van der Waals surface area contributed by atoms with Crippen LogP contribution in [0.15, 0.2) is 6.07 Å². The molecule has 0 fully saturated rings. The van der Waals surface area contributed by atoms with Crippen molar-refractivity contribution in [2.75, 3.05) is 11.9 Å². The summed E-state index contributed by atoms with van der Waals surface area (Å²) in [5.41, 5.74) is 0.539. The second-order valence-corrected chi connectivity index (χ2v) is 8.56. The number of phenols is 1. The van der Waals surface area contributed by atoms with Crippen molar-refractivity contribution in [3.05, 3.63) is 21.7 Å². The van der Waals surface area contributed by atoms with Crippen LogP contribution in [-0.4, -0.2) is 23.7 Å². The van der Waals surface area contributed by atoms with Crippen molar-refractivity contribution in [1.82, 2.24) is 5.32 Å². The number of phenolic OH excluding ortho intramolecular Hbond substituents is 1. The van der Waals surface area contributed by atoms with E-state index in [1.807, 2.05) is 13.8 Å². The third kappa shape index (κ3) is 5.18. The normalized spacial score (nSPS) is 12.2. The summed E-state index contributed by atoms with van der Waals surface area (Å²) >= 11 is 12.2. The van der Waals surface area contributed by atoms with Crippen LogP contribution >= 0.6 is 23.2 Å². The third-order valence-electron chi connectivity index (χ3n) is 3.49. The zero-order valence-electron chi connectivity index (χ0n) is 14.8. The van der Waals surface area contributed by atoms with Gasteiger partial charge in [-0.15, -0.1) is 0 Å². The number of halogens is 2. The van der Waals surface area contributed by atoms with Gasteiger partial charge in [0.1, 0.15) is 0 Å². The van der Waals surface area contributed by atoms with Gasteiger partial charge in [-0.05, 0) is 44.2 Å². The molecule has 0 aliphatic heterocycles. The van der Waals surface area contributed by atoms with Crippen molar-refractivity contribution in [1.29, 1.82) is 0 Å².